The fourth-order valence-electron chi connectivity index (χ4n) is 2.16. The van der Waals surface area contributed by atoms with Gasteiger partial charge in [-0.25, -0.2) is 4.79 Å². The number of hydrogen-bond acceptors (Lipinski definition) is 2. The number of nitrogens with zero attached hydrogens (tertiary/aromatic N) is 1. The van der Waals surface area contributed by atoms with E-state index in [0.29, 0.717) is 12.0 Å². The SMILES string of the molecule is Cc1ccc(Cc2cccc(C(=O)O)c2)nc1.Cc1ccccc1. The summed E-state index contributed by atoms with van der Waals surface area (Å²) in [5.41, 5.74) is 4.66. The van der Waals surface area contributed by atoms with Gasteiger partial charge in [0.1, 0.15) is 0 Å². The summed E-state index contributed by atoms with van der Waals surface area (Å²) in [6.07, 6.45) is 2.47. The summed E-state index contributed by atoms with van der Waals surface area (Å²) in [6.45, 7) is 4.07. The first-order valence-corrected chi connectivity index (χ1v) is 7.80. The van der Waals surface area contributed by atoms with Crippen molar-refractivity contribution >= 4 is 5.97 Å². The molecule has 0 aliphatic heterocycles. The van der Waals surface area contributed by atoms with E-state index in [1.807, 2.05) is 49.5 Å². The highest BCUT2D eigenvalue weighted by molar-refractivity contribution is 5.87. The van der Waals surface area contributed by atoms with Gasteiger partial charge in [0.25, 0.3) is 0 Å². The van der Waals surface area contributed by atoms with Crippen LogP contribution in [0.1, 0.15) is 32.7 Å². The summed E-state index contributed by atoms with van der Waals surface area (Å²) in [5.74, 6) is -0.899. The minimum absolute atomic E-state index is 0.314. The first kappa shape index (κ1) is 17.4. The molecule has 1 heterocycles. The second-order valence-corrected chi connectivity index (χ2v) is 5.66. The standard InChI is InChI=1S/C14H13NO2.C7H8/c1-10-5-6-13(15-9-10)8-11-3-2-4-12(7-11)14(16)17;1-7-5-3-2-4-6-7/h2-7,9H,8H2,1H3,(H,16,17);2-6H,1H3. The molecule has 2 aromatic carbocycles. The van der Waals surface area contributed by atoms with Crippen molar-refractivity contribution in [3.63, 3.8) is 0 Å². The Morgan fingerprint density at radius 1 is 0.917 bits per heavy atom. The minimum atomic E-state index is -0.899. The normalized spacial score (nSPS) is 9.75. The molecular weight excluding hydrogens is 298 g/mol. The van der Waals surface area contributed by atoms with E-state index in [9.17, 15) is 4.79 Å². The lowest BCUT2D eigenvalue weighted by Crippen LogP contribution is -1.98. The summed E-state index contributed by atoms with van der Waals surface area (Å²) in [5, 5.41) is 8.90. The van der Waals surface area contributed by atoms with E-state index in [0.717, 1.165) is 16.8 Å². The van der Waals surface area contributed by atoms with Crippen LogP contribution in [0.15, 0.2) is 72.9 Å². The molecule has 3 nitrogen and oxygen atoms in total. The predicted molar refractivity (Wildman–Crippen MR) is 96.4 cm³/mol. The smallest absolute Gasteiger partial charge is 0.335 e. The van der Waals surface area contributed by atoms with E-state index in [4.69, 9.17) is 5.11 Å². The number of aromatic nitrogens is 1. The van der Waals surface area contributed by atoms with Crippen LogP contribution in [-0.4, -0.2) is 16.1 Å². The molecule has 122 valence electrons. The number of hydrogen-bond donors (Lipinski definition) is 1. The Balaban J connectivity index is 0.000000249. The highest BCUT2D eigenvalue weighted by Gasteiger charge is 2.04. The lowest BCUT2D eigenvalue weighted by Gasteiger charge is -2.03. The molecule has 0 unspecified atom stereocenters. The van der Waals surface area contributed by atoms with Crippen LogP contribution in [0.3, 0.4) is 0 Å². The van der Waals surface area contributed by atoms with Crippen molar-refractivity contribution in [3.05, 3.63) is 101 Å². The van der Waals surface area contributed by atoms with Crippen molar-refractivity contribution in [1.82, 2.24) is 4.98 Å². The number of carboxylic acids is 1. The number of pyridine rings is 1. The van der Waals surface area contributed by atoms with Crippen LogP contribution < -0.4 is 0 Å². The Labute approximate surface area is 142 Å². The Morgan fingerprint density at radius 3 is 2.21 bits per heavy atom. The van der Waals surface area contributed by atoms with Gasteiger partial charge in [-0.3, -0.25) is 4.98 Å². The zero-order valence-corrected chi connectivity index (χ0v) is 13.9. The lowest BCUT2D eigenvalue weighted by molar-refractivity contribution is 0.0696. The molecule has 1 N–H and O–H groups in total. The molecule has 0 saturated heterocycles. The van der Waals surface area contributed by atoms with E-state index in [-0.39, 0.29) is 0 Å². The fourth-order valence-corrected chi connectivity index (χ4v) is 2.16. The maximum atomic E-state index is 10.8. The van der Waals surface area contributed by atoms with E-state index in [2.05, 4.69) is 24.0 Å². The fraction of sp³-hybridized carbons (Fsp3) is 0.143. The number of carbonyl (C=O) groups is 1. The Bertz CT molecular complexity index is 780. The first-order chi connectivity index (χ1) is 11.5. The molecule has 3 rings (SSSR count). The van der Waals surface area contributed by atoms with Gasteiger partial charge in [-0.15, -0.1) is 0 Å². The van der Waals surface area contributed by atoms with Gasteiger partial charge in [0.15, 0.2) is 0 Å². The molecule has 0 bridgehead atoms. The van der Waals surface area contributed by atoms with Crippen molar-refractivity contribution in [2.24, 2.45) is 0 Å². The lowest BCUT2D eigenvalue weighted by atomic mass is 10.1. The van der Waals surface area contributed by atoms with Gasteiger partial charge in [0.05, 0.1) is 5.56 Å². The third-order valence-corrected chi connectivity index (χ3v) is 3.47. The zero-order chi connectivity index (χ0) is 17.4. The molecular formula is C21H21NO2. The summed E-state index contributed by atoms with van der Waals surface area (Å²) >= 11 is 0. The highest BCUT2D eigenvalue weighted by Crippen LogP contribution is 2.10. The van der Waals surface area contributed by atoms with E-state index in [1.165, 1.54) is 5.56 Å². The summed E-state index contributed by atoms with van der Waals surface area (Å²) in [4.78, 5) is 15.1. The Kier molecular flexibility index (Phi) is 6.26. The molecule has 3 heteroatoms. The molecule has 0 atom stereocenters. The Hall–Kier alpha value is -2.94. The molecule has 0 aliphatic rings. The maximum Gasteiger partial charge on any atom is 0.335 e. The molecule has 0 fully saturated rings. The summed E-state index contributed by atoms with van der Waals surface area (Å²) < 4.78 is 0. The van der Waals surface area contributed by atoms with Crippen LogP contribution in [0.4, 0.5) is 0 Å². The second kappa shape index (κ2) is 8.63. The molecule has 0 amide bonds. The van der Waals surface area contributed by atoms with Crippen molar-refractivity contribution in [1.29, 1.82) is 0 Å². The van der Waals surface area contributed by atoms with Crippen LogP contribution in [0.2, 0.25) is 0 Å². The van der Waals surface area contributed by atoms with Gasteiger partial charge in [0, 0.05) is 18.3 Å². The van der Waals surface area contributed by atoms with Crippen LogP contribution in [0, 0.1) is 13.8 Å². The van der Waals surface area contributed by atoms with E-state index >= 15 is 0 Å². The minimum Gasteiger partial charge on any atom is -0.478 e. The maximum absolute atomic E-state index is 10.8. The predicted octanol–water partition coefficient (Wildman–Crippen LogP) is 4.67. The number of rotatable bonds is 3. The van der Waals surface area contributed by atoms with Crippen LogP contribution in [0.25, 0.3) is 0 Å². The summed E-state index contributed by atoms with van der Waals surface area (Å²) in [7, 11) is 0. The van der Waals surface area contributed by atoms with Crippen molar-refractivity contribution in [3.8, 4) is 0 Å². The van der Waals surface area contributed by atoms with Crippen LogP contribution in [-0.2, 0) is 6.42 Å². The topological polar surface area (TPSA) is 50.2 Å². The van der Waals surface area contributed by atoms with Gasteiger partial charge >= 0.3 is 5.97 Å². The zero-order valence-electron chi connectivity index (χ0n) is 13.9. The van der Waals surface area contributed by atoms with Crippen molar-refractivity contribution < 1.29 is 9.90 Å². The number of carboxylic acid groups (broad SMARTS) is 1. The number of aromatic carboxylic acids is 1. The van der Waals surface area contributed by atoms with Gasteiger partial charge < -0.3 is 5.11 Å². The third-order valence-electron chi connectivity index (χ3n) is 3.47. The molecule has 3 aromatic rings. The molecule has 1 aromatic heterocycles. The molecule has 0 aliphatic carbocycles. The van der Waals surface area contributed by atoms with Crippen molar-refractivity contribution in [2.75, 3.05) is 0 Å². The third kappa shape index (κ3) is 5.69. The average Bonchev–Trinajstić information content (AvgIpc) is 2.58. The highest BCUT2D eigenvalue weighted by atomic mass is 16.4. The molecule has 0 saturated carbocycles. The van der Waals surface area contributed by atoms with E-state index < -0.39 is 5.97 Å². The van der Waals surface area contributed by atoms with Crippen molar-refractivity contribution in [2.45, 2.75) is 20.3 Å². The first-order valence-electron chi connectivity index (χ1n) is 7.80. The quantitative estimate of drug-likeness (QED) is 0.763. The van der Waals surface area contributed by atoms with Gasteiger partial charge in [0.2, 0.25) is 0 Å². The Morgan fingerprint density at radius 2 is 1.67 bits per heavy atom. The monoisotopic (exact) mass is 319 g/mol. The molecule has 0 spiro atoms. The van der Waals surface area contributed by atoms with E-state index in [1.54, 1.807) is 18.2 Å². The largest absolute Gasteiger partial charge is 0.478 e. The van der Waals surface area contributed by atoms with Crippen LogP contribution >= 0.6 is 0 Å². The molecule has 24 heavy (non-hydrogen) atoms. The molecule has 0 radical (unpaired) electrons. The number of aryl methyl sites for hydroxylation is 2. The average molecular weight is 319 g/mol. The number of benzene rings is 2. The van der Waals surface area contributed by atoms with Crippen LogP contribution in [0.5, 0.6) is 0 Å². The summed E-state index contributed by atoms with van der Waals surface area (Å²) in [6, 6.07) is 21.2. The van der Waals surface area contributed by atoms with Gasteiger partial charge in [-0.05, 0) is 43.2 Å². The van der Waals surface area contributed by atoms with Gasteiger partial charge in [-0.1, -0.05) is 54.1 Å². The second-order valence-electron chi connectivity index (χ2n) is 5.66. The van der Waals surface area contributed by atoms with Gasteiger partial charge in [-0.2, -0.15) is 0 Å².